The van der Waals surface area contributed by atoms with Gasteiger partial charge in [-0.05, 0) is 75.9 Å². The van der Waals surface area contributed by atoms with Gasteiger partial charge in [-0.1, -0.05) is 66.7 Å². The molecule has 3 aromatic rings. The first kappa shape index (κ1) is 40.4. The van der Waals surface area contributed by atoms with Crippen molar-refractivity contribution in [3.63, 3.8) is 0 Å². The zero-order valence-corrected chi connectivity index (χ0v) is 31.3. The minimum atomic E-state index is -1.19. The van der Waals surface area contributed by atoms with Crippen LogP contribution in [0.5, 0.6) is 5.75 Å². The number of amides is 2. The zero-order valence-electron chi connectivity index (χ0n) is 31.3. The summed E-state index contributed by atoms with van der Waals surface area (Å²) in [6.45, 7) is 12.4. The van der Waals surface area contributed by atoms with E-state index in [1.165, 1.54) is 0 Å². The lowest BCUT2D eigenvalue weighted by Crippen LogP contribution is -2.48. The molecule has 4 rings (SSSR count). The number of benzene rings is 3. The molecule has 1 aliphatic rings. The molecule has 14 nitrogen and oxygen atoms in total. The molecular formula is C39H52N6O8. The third-order valence-corrected chi connectivity index (χ3v) is 7.87. The van der Waals surface area contributed by atoms with Crippen LogP contribution in [0.1, 0.15) is 69.9 Å². The Bertz CT molecular complexity index is 1600. The van der Waals surface area contributed by atoms with Crippen LogP contribution < -0.4 is 21.3 Å². The summed E-state index contributed by atoms with van der Waals surface area (Å²) in [6, 6.07) is 24.4. The number of nitrogens with two attached hydrogens (primary N) is 1. The van der Waals surface area contributed by atoms with Crippen LogP contribution in [0.2, 0.25) is 0 Å². The first-order valence-corrected chi connectivity index (χ1v) is 17.5. The summed E-state index contributed by atoms with van der Waals surface area (Å²) in [6.07, 6.45) is -2.97. The van der Waals surface area contributed by atoms with Crippen LogP contribution in [0.25, 0.3) is 0 Å². The number of carbonyl (C=O) groups excluding carboxylic acids is 3. The lowest BCUT2D eigenvalue weighted by Gasteiger charge is -2.31. The highest BCUT2D eigenvalue weighted by Gasteiger charge is 2.29. The average Bonchev–Trinajstić information content (AvgIpc) is 3.53. The number of hydrogen-bond acceptors (Lipinski definition) is 10. The molecule has 286 valence electrons. The fraction of sp³-hybridized carbons (Fsp3) is 0.436. The van der Waals surface area contributed by atoms with Crippen molar-refractivity contribution in [3.8, 4) is 5.75 Å². The largest absolute Gasteiger partial charge is 0.490 e. The monoisotopic (exact) mass is 732 g/mol. The van der Waals surface area contributed by atoms with Gasteiger partial charge >= 0.3 is 18.2 Å². The molecular weight excluding hydrogens is 680 g/mol. The normalized spacial score (nSPS) is 13.1. The highest BCUT2D eigenvalue weighted by molar-refractivity contribution is 5.78. The Hall–Kier alpha value is -5.34. The molecule has 0 saturated carbocycles. The first-order chi connectivity index (χ1) is 25.1. The van der Waals surface area contributed by atoms with Crippen molar-refractivity contribution in [1.82, 2.24) is 20.4 Å². The molecule has 14 heteroatoms. The topological polar surface area (TPSA) is 178 Å². The van der Waals surface area contributed by atoms with Crippen LogP contribution in [-0.2, 0) is 36.9 Å². The Labute approximate surface area is 311 Å². The van der Waals surface area contributed by atoms with Gasteiger partial charge in [0, 0.05) is 39.3 Å². The summed E-state index contributed by atoms with van der Waals surface area (Å²) in [5.41, 5.74) is 2.25. The highest BCUT2D eigenvalue weighted by atomic mass is 16.7. The first-order valence-electron chi connectivity index (χ1n) is 17.5. The predicted molar refractivity (Wildman–Crippen MR) is 199 cm³/mol. The van der Waals surface area contributed by atoms with Gasteiger partial charge in [0.2, 0.25) is 6.10 Å². The van der Waals surface area contributed by atoms with Crippen LogP contribution in [0.4, 0.5) is 9.59 Å². The molecule has 0 bridgehead atoms. The molecule has 5 N–H and O–H groups in total. The number of hydrogen-bond donors (Lipinski definition) is 4. The quantitative estimate of drug-likeness (QED) is 0.0559. The fourth-order valence-corrected chi connectivity index (χ4v) is 5.46. The van der Waals surface area contributed by atoms with E-state index in [4.69, 9.17) is 35.1 Å². The van der Waals surface area contributed by atoms with Gasteiger partial charge in [-0.25, -0.2) is 20.3 Å². The summed E-state index contributed by atoms with van der Waals surface area (Å²) in [5.74, 6) is 5.58. The SMILES string of the molecule is CC(C)(C)OC(=O)NCCN(CCNC(=O)OC(C)(C)C)C(=N)N1Cc2ccc(OC[C@H](ON)C(=O)OC(c3ccccc3)c3ccccc3)cc2C1. The van der Waals surface area contributed by atoms with Crippen molar-refractivity contribution < 1.29 is 38.2 Å². The van der Waals surface area contributed by atoms with E-state index in [1.807, 2.05) is 77.7 Å². The molecule has 0 fully saturated rings. The maximum Gasteiger partial charge on any atom is 0.407 e. The number of alkyl carbamates (subject to hydrolysis) is 2. The Balaban J connectivity index is 1.36. The molecule has 0 spiro atoms. The molecule has 3 aromatic carbocycles. The molecule has 0 aliphatic carbocycles. The molecule has 0 aromatic heterocycles. The number of esters is 1. The Kier molecular flexibility index (Phi) is 14.1. The maximum absolute atomic E-state index is 13.3. The molecule has 0 unspecified atom stereocenters. The second kappa shape index (κ2) is 18.4. The van der Waals surface area contributed by atoms with Gasteiger partial charge in [0.15, 0.2) is 12.1 Å². The van der Waals surface area contributed by atoms with Gasteiger partial charge in [0.1, 0.15) is 23.6 Å². The minimum absolute atomic E-state index is 0.187. The number of nitrogens with one attached hydrogen (secondary N) is 3. The minimum Gasteiger partial charge on any atom is -0.490 e. The van der Waals surface area contributed by atoms with E-state index in [9.17, 15) is 14.4 Å². The molecule has 0 radical (unpaired) electrons. The van der Waals surface area contributed by atoms with Gasteiger partial charge in [-0.2, -0.15) is 0 Å². The van der Waals surface area contributed by atoms with Crippen LogP contribution in [0.3, 0.4) is 0 Å². The summed E-state index contributed by atoms with van der Waals surface area (Å²) in [4.78, 5) is 46.4. The number of carbonyl (C=O) groups is 3. The van der Waals surface area contributed by atoms with E-state index >= 15 is 0 Å². The summed E-state index contributed by atoms with van der Waals surface area (Å²) < 4.78 is 22.6. The van der Waals surface area contributed by atoms with Gasteiger partial charge in [0.25, 0.3) is 0 Å². The number of fused-ring (bicyclic) bond motifs is 1. The Morgan fingerprint density at radius 2 is 1.30 bits per heavy atom. The van der Waals surface area contributed by atoms with E-state index in [1.54, 1.807) is 52.5 Å². The second-order valence-corrected chi connectivity index (χ2v) is 14.5. The number of nitrogens with zero attached hydrogens (tertiary/aromatic N) is 2. The van der Waals surface area contributed by atoms with Gasteiger partial charge < -0.3 is 39.4 Å². The summed E-state index contributed by atoms with van der Waals surface area (Å²) in [5, 5.41) is 14.5. The number of rotatable bonds is 14. The number of ether oxygens (including phenoxy) is 4. The van der Waals surface area contributed by atoms with Gasteiger partial charge in [-0.15, -0.1) is 0 Å². The Morgan fingerprint density at radius 3 is 1.79 bits per heavy atom. The van der Waals surface area contributed by atoms with Crippen molar-refractivity contribution in [2.24, 2.45) is 5.90 Å². The van der Waals surface area contributed by atoms with Crippen LogP contribution in [0.15, 0.2) is 78.9 Å². The lowest BCUT2D eigenvalue weighted by atomic mass is 10.0. The average molecular weight is 733 g/mol. The van der Waals surface area contributed by atoms with E-state index in [-0.39, 0.29) is 25.7 Å². The number of guanidine groups is 1. The third kappa shape index (κ3) is 13.0. The smallest absolute Gasteiger partial charge is 0.407 e. The van der Waals surface area contributed by atoms with Crippen molar-refractivity contribution in [2.75, 3.05) is 32.8 Å². The van der Waals surface area contributed by atoms with E-state index in [2.05, 4.69) is 10.6 Å². The summed E-state index contributed by atoms with van der Waals surface area (Å²) in [7, 11) is 0. The van der Waals surface area contributed by atoms with Crippen LogP contribution in [0, 0.1) is 5.41 Å². The molecule has 1 heterocycles. The standard InChI is InChI=1S/C39H52N6O8/c1-38(2,3)51-36(47)42-19-21-44(22-20-43-37(48)52-39(4,5)6)35(40)45-24-29-17-18-31(23-30(29)25-45)49-26-32(53-41)34(46)50-33(27-13-9-7-10-14-27)28-15-11-8-12-16-28/h7-18,23,32-33,40H,19-22,24-26,41H2,1-6H3,(H,42,47)(H,43,48)/t32-/m0/s1. The predicted octanol–water partition coefficient (Wildman–Crippen LogP) is 5.26. The molecule has 0 saturated heterocycles. The molecule has 53 heavy (non-hydrogen) atoms. The van der Waals surface area contributed by atoms with Gasteiger partial charge in [-0.3, -0.25) is 10.2 Å². The van der Waals surface area contributed by atoms with Crippen LogP contribution >= 0.6 is 0 Å². The lowest BCUT2D eigenvalue weighted by molar-refractivity contribution is -0.163. The molecule has 1 aliphatic heterocycles. The molecule has 1 atom stereocenters. The van der Waals surface area contributed by atoms with E-state index < -0.39 is 41.6 Å². The zero-order chi connectivity index (χ0) is 38.6. The van der Waals surface area contributed by atoms with Crippen molar-refractivity contribution >= 4 is 24.1 Å². The third-order valence-electron chi connectivity index (χ3n) is 7.87. The second-order valence-electron chi connectivity index (χ2n) is 14.5. The summed E-state index contributed by atoms with van der Waals surface area (Å²) >= 11 is 0. The van der Waals surface area contributed by atoms with Crippen molar-refractivity contribution in [2.45, 2.75) is 78.0 Å². The fourth-order valence-electron chi connectivity index (χ4n) is 5.46. The van der Waals surface area contributed by atoms with E-state index in [0.717, 1.165) is 22.3 Å². The molecule has 2 amide bonds. The van der Waals surface area contributed by atoms with E-state index in [0.29, 0.717) is 31.9 Å². The Morgan fingerprint density at radius 1 is 0.792 bits per heavy atom. The van der Waals surface area contributed by atoms with Gasteiger partial charge in [0.05, 0.1) is 0 Å². The highest BCUT2D eigenvalue weighted by Crippen LogP contribution is 2.29. The van der Waals surface area contributed by atoms with Crippen molar-refractivity contribution in [3.05, 3.63) is 101 Å². The maximum atomic E-state index is 13.3. The van der Waals surface area contributed by atoms with Crippen LogP contribution in [-0.4, -0.2) is 84.0 Å². The van der Waals surface area contributed by atoms with Crippen molar-refractivity contribution in [1.29, 1.82) is 5.41 Å².